The average Bonchev–Trinajstić information content (AvgIpc) is 3.36. The first kappa shape index (κ1) is 14.7. The van der Waals surface area contributed by atoms with Gasteiger partial charge in [-0.25, -0.2) is 9.67 Å². The summed E-state index contributed by atoms with van der Waals surface area (Å²) in [7, 11) is 0. The molecule has 0 fully saturated rings. The van der Waals surface area contributed by atoms with Crippen LogP contribution in [-0.4, -0.2) is 21.6 Å². The molecule has 4 aromatic rings. The van der Waals surface area contributed by atoms with Gasteiger partial charge in [-0.1, -0.05) is 36.4 Å². The molecule has 0 N–H and O–H groups in total. The number of aromatic nitrogens is 3. The van der Waals surface area contributed by atoms with E-state index in [9.17, 15) is 0 Å². The number of hydrogen-bond acceptors (Lipinski definition) is 4. The smallest absolute Gasteiger partial charge is 0.231 e. The van der Waals surface area contributed by atoms with Crippen LogP contribution in [0.2, 0.25) is 0 Å². The van der Waals surface area contributed by atoms with E-state index in [0.717, 1.165) is 39.8 Å². The summed E-state index contributed by atoms with van der Waals surface area (Å²) < 4.78 is 12.8. The van der Waals surface area contributed by atoms with Crippen LogP contribution < -0.4 is 9.47 Å². The maximum atomic E-state index is 5.53. The molecule has 0 aliphatic carbocycles. The summed E-state index contributed by atoms with van der Waals surface area (Å²) in [5, 5.41) is 4.80. The average molecular weight is 341 g/mol. The number of fused-ring (bicyclic) bond motifs is 1. The molecule has 3 heterocycles. The molecule has 0 saturated heterocycles. The van der Waals surface area contributed by atoms with E-state index < -0.39 is 0 Å². The summed E-state index contributed by atoms with van der Waals surface area (Å²) in [6, 6.07) is 23.9. The highest BCUT2D eigenvalue weighted by Gasteiger charge is 2.18. The summed E-state index contributed by atoms with van der Waals surface area (Å²) in [5.74, 6) is 2.28. The zero-order chi connectivity index (χ0) is 17.3. The van der Waals surface area contributed by atoms with Gasteiger partial charge < -0.3 is 9.47 Å². The van der Waals surface area contributed by atoms with E-state index in [-0.39, 0.29) is 6.79 Å². The predicted octanol–water partition coefficient (Wildman–Crippen LogP) is 4.33. The van der Waals surface area contributed by atoms with Crippen molar-refractivity contribution in [3.8, 4) is 39.8 Å². The lowest BCUT2D eigenvalue weighted by Gasteiger charge is -2.07. The van der Waals surface area contributed by atoms with Crippen molar-refractivity contribution in [1.82, 2.24) is 14.8 Å². The second-order valence-electron chi connectivity index (χ2n) is 5.95. The standard InChI is InChI=1S/C21H15N3O2/c1-2-6-15(7-3-1)17-13-18(24(23-17)21-8-4-5-11-22-21)16-9-10-19-20(12-16)26-14-25-19/h1-13H,14H2. The van der Waals surface area contributed by atoms with Crippen LogP contribution in [-0.2, 0) is 0 Å². The van der Waals surface area contributed by atoms with Crippen molar-refractivity contribution in [3.05, 3.63) is 79.0 Å². The van der Waals surface area contributed by atoms with E-state index in [1.165, 1.54) is 0 Å². The largest absolute Gasteiger partial charge is 0.454 e. The van der Waals surface area contributed by atoms with Gasteiger partial charge in [0.2, 0.25) is 6.79 Å². The van der Waals surface area contributed by atoms with Gasteiger partial charge in [0.25, 0.3) is 0 Å². The Hall–Kier alpha value is -3.60. The Bertz CT molecular complexity index is 1060. The monoisotopic (exact) mass is 341 g/mol. The first-order chi connectivity index (χ1) is 12.9. The zero-order valence-electron chi connectivity index (χ0n) is 13.9. The molecule has 5 nitrogen and oxygen atoms in total. The summed E-state index contributed by atoms with van der Waals surface area (Å²) >= 11 is 0. The fourth-order valence-corrected chi connectivity index (χ4v) is 3.05. The van der Waals surface area contributed by atoms with E-state index in [2.05, 4.69) is 23.2 Å². The molecule has 0 unspecified atom stereocenters. The van der Waals surface area contributed by atoms with Crippen molar-refractivity contribution >= 4 is 0 Å². The zero-order valence-corrected chi connectivity index (χ0v) is 13.9. The molecule has 1 aliphatic rings. The van der Waals surface area contributed by atoms with Crippen molar-refractivity contribution in [2.24, 2.45) is 0 Å². The van der Waals surface area contributed by atoms with Crippen LogP contribution >= 0.6 is 0 Å². The molecule has 0 radical (unpaired) electrons. The Morgan fingerprint density at radius 1 is 0.769 bits per heavy atom. The normalized spacial score (nSPS) is 12.3. The van der Waals surface area contributed by atoms with Crippen LogP contribution in [0.25, 0.3) is 28.3 Å². The second kappa shape index (κ2) is 6.04. The van der Waals surface area contributed by atoms with Crippen molar-refractivity contribution in [3.63, 3.8) is 0 Å². The number of ether oxygens (including phenoxy) is 2. The minimum absolute atomic E-state index is 0.257. The number of hydrogen-bond donors (Lipinski definition) is 0. The van der Waals surface area contributed by atoms with E-state index >= 15 is 0 Å². The van der Waals surface area contributed by atoms with Gasteiger partial charge >= 0.3 is 0 Å². The van der Waals surface area contributed by atoms with Crippen LogP contribution in [0.15, 0.2) is 79.0 Å². The third kappa shape index (κ3) is 2.50. The predicted molar refractivity (Wildman–Crippen MR) is 98.4 cm³/mol. The molecule has 0 amide bonds. The lowest BCUT2D eigenvalue weighted by Crippen LogP contribution is -2.01. The van der Waals surface area contributed by atoms with Gasteiger partial charge in [0.15, 0.2) is 17.3 Å². The van der Waals surface area contributed by atoms with Crippen LogP contribution in [0.1, 0.15) is 0 Å². The van der Waals surface area contributed by atoms with Crippen LogP contribution in [0.3, 0.4) is 0 Å². The molecular weight excluding hydrogens is 326 g/mol. The van der Waals surface area contributed by atoms with Gasteiger partial charge in [0.05, 0.1) is 11.4 Å². The Morgan fingerprint density at radius 3 is 2.46 bits per heavy atom. The molecule has 126 valence electrons. The molecule has 1 aliphatic heterocycles. The van der Waals surface area contributed by atoms with Gasteiger partial charge in [-0.3, -0.25) is 0 Å². The van der Waals surface area contributed by atoms with Gasteiger partial charge in [-0.2, -0.15) is 5.10 Å². The highest BCUT2D eigenvalue weighted by Crippen LogP contribution is 2.37. The fraction of sp³-hybridized carbons (Fsp3) is 0.0476. The summed E-state index contributed by atoms with van der Waals surface area (Å²) in [5.41, 5.74) is 3.89. The molecule has 0 atom stereocenters. The minimum atomic E-state index is 0.257. The van der Waals surface area contributed by atoms with Gasteiger partial charge in [-0.05, 0) is 36.4 Å². The van der Waals surface area contributed by atoms with Crippen molar-refractivity contribution < 1.29 is 9.47 Å². The van der Waals surface area contributed by atoms with Gasteiger partial charge in [0.1, 0.15) is 0 Å². The first-order valence-electron chi connectivity index (χ1n) is 8.35. The fourth-order valence-electron chi connectivity index (χ4n) is 3.05. The molecule has 5 heteroatoms. The van der Waals surface area contributed by atoms with Crippen LogP contribution in [0, 0.1) is 0 Å². The lowest BCUT2D eigenvalue weighted by atomic mass is 10.1. The van der Waals surface area contributed by atoms with E-state index in [4.69, 9.17) is 14.6 Å². The first-order valence-corrected chi connectivity index (χ1v) is 8.35. The second-order valence-corrected chi connectivity index (χ2v) is 5.95. The number of benzene rings is 2. The molecular formula is C21H15N3O2. The lowest BCUT2D eigenvalue weighted by molar-refractivity contribution is 0.174. The maximum absolute atomic E-state index is 5.53. The number of rotatable bonds is 3. The van der Waals surface area contributed by atoms with Crippen molar-refractivity contribution in [2.45, 2.75) is 0 Å². The summed E-state index contributed by atoms with van der Waals surface area (Å²) in [4.78, 5) is 4.46. The topological polar surface area (TPSA) is 49.2 Å². The Morgan fingerprint density at radius 2 is 1.62 bits per heavy atom. The SMILES string of the molecule is c1ccc(-c2cc(-c3ccc4c(c3)OCO4)n(-c3ccccn3)n2)cc1. The molecule has 0 saturated carbocycles. The molecule has 2 aromatic heterocycles. The highest BCUT2D eigenvalue weighted by atomic mass is 16.7. The van der Waals surface area contributed by atoms with Crippen LogP contribution in [0.5, 0.6) is 11.5 Å². The van der Waals surface area contributed by atoms with Crippen molar-refractivity contribution in [2.75, 3.05) is 6.79 Å². The highest BCUT2D eigenvalue weighted by molar-refractivity contribution is 5.72. The Balaban J connectivity index is 1.69. The quantitative estimate of drug-likeness (QED) is 0.556. The van der Waals surface area contributed by atoms with Gasteiger partial charge in [-0.15, -0.1) is 0 Å². The van der Waals surface area contributed by atoms with Crippen LogP contribution in [0.4, 0.5) is 0 Å². The molecule has 2 aromatic carbocycles. The number of nitrogens with zero attached hydrogens (tertiary/aromatic N) is 3. The maximum Gasteiger partial charge on any atom is 0.231 e. The molecule has 5 rings (SSSR count). The van der Waals surface area contributed by atoms with E-state index in [1.54, 1.807) is 6.20 Å². The molecule has 26 heavy (non-hydrogen) atoms. The summed E-state index contributed by atoms with van der Waals surface area (Å²) in [6.07, 6.45) is 1.77. The van der Waals surface area contributed by atoms with E-state index in [0.29, 0.717) is 0 Å². The number of pyridine rings is 1. The Labute approximate surface area is 150 Å². The molecule has 0 spiro atoms. The third-order valence-electron chi connectivity index (χ3n) is 4.31. The van der Waals surface area contributed by atoms with Gasteiger partial charge in [0, 0.05) is 17.3 Å². The minimum Gasteiger partial charge on any atom is -0.454 e. The molecule has 0 bridgehead atoms. The third-order valence-corrected chi connectivity index (χ3v) is 4.31. The summed E-state index contributed by atoms with van der Waals surface area (Å²) in [6.45, 7) is 0.257. The van der Waals surface area contributed by atoms with Crippen molar-refractivity contribution in [1.29, 1.82) is 0 Å². The van der Waals surface area contributed by atoms with E-state index in [1.807, 2.05) is 59.3 Å². The Kier molecular flexibility index (Phi) is 3.42.